The van der Waals surface area contributed by atoms with Gasteiger partial charge < -0.3 is 4.74 Å². The summed E-state index contributed by atoms with van der Waals surface area (Å²) in [7, 11) is -3.41. The maximum atomic E-state index is 11.7. The van der Waals surface area contributed by atoms with E-state index >= 15 is 0 Å². The van der Waals surface area contributed by atoms with E-state index in [0.717, 1.165) is 12.8 Å². The topological polar surface area (TPSA) is 84.1 Å². The molecule has 0 spiro atoms. The van der Waals surface area contributed by atoms with Crippen molar-refractivity contribution in [1.29, 1.82) is 0 Å². The van der Waals surface area contributed by atoms with Crippen molar-refractivity contribution >= 4 is 10.0 Å². The Labute approximate surface area is 94.4 Å². The van der Waals surface area contributed by atoms with Gasteiger partial charge in [0.15, 0.2) is 0 Å². The van der Waals surface area contributed by atoms with Crippen LogP contribution in [0.3, 0.4) is 0 Å². The molecular weight excluding hydrogens is 230 g/mol. The van der Waals surface area contributed by atoms with Crippen LogP contribution in [-0.2, 0) is 14.8 Å². The zero-order valence-corrected chi connectivity index (χ0v) is 9.83. The molecule has 90 valence electrons. The number of sulfonamides is 1. The largest absolute Gasteiger partial charge is 0.378 e. The Morgan fingerprint density at radius 1 is 1.62 bits per heavy atom. The molecule has 0 unspecified atom stereocenters. The number of hydrogen-bond donors (Lipinski definition) is 2. The van der Waals surface area contributed by atoms with Gasteiger partial charge in [-0.25, -0.2) is 13.1 Å². The van der Waals surface area contributed by atoms with Crippen LogP contribution in [-0.4, -0.2) is 37.4 Å². The van der Waals surface area contributed by atoms with Crippen LogP contribution < -0.4 is 4.72 Å². The van der Waals surface area contributed by atoms with Crippen LogP contribution in [0.2, 0.25) is 0 Å². The molecule has 1 aliphatic rings. The number of aromatic nitrogens is 2. The van der Waals surface area contributed by atoms with Gasteiger partial charge in [0.1, 0.15) is 4.90 Å². The maximum Gasteiger partial charge on any atom is 0.243 e. The minimum Gasteiger partial charge on any atom is -0.378 e. The summed E-state index contributed by atoms with van der Waals surface area (Å²) >= 11 is 0. The average molecular weight is 245 g/mol. The van der Waals surface area contributed by atoms with E-state index in [1.807, 2.05) is 6.92 Å². The van der Waals surface area contributed by atoms with E-state index in [0.29, 0.717) is 6.61 Å². The van der Waals surface area contributed by atoms with Crippen LogP contribution in [0.1, 0.15) is 19.8 Å². The van der Waals surface area contributed by atoms with E-state index in [4.69, 9.17) is 4.74 Å². The first-order valence-electron chi connectivity index (χ1n) is 5.24. The van der Waals surface area contributed by atoms with Gasteiger partial charge in [0.25, 0.3) is 0 Å². The number of rotatable bonds is 5. The zero-order valence-electron chi connectivity index (χ0n) is 9.01. The van der Waals surface area contributed by atoms with Gasteiger partial charge in [0, 0.05) is 18.8 Å². The molecule has 2 rings (SSSR count). The summed E-state index contributed by atoms with van der Waals surface area (Å²) in [6.07, 6.45) is 4.33. The SMILES string of the molecule is CCOC1CC(NS(=O)(=O)c2cn[nH]c2)C1. The average Bonchev–Trinajstić information content (AvgIpc) is 2.67. The van der Waals surface area contributed by atoms with Crippen molar-refractivity contribution < 1.29 is 13.2 Å². The summed E-state index contributed by atoms with van der Waals surface area (Å²) in [5, 5.41) is 6.10. The Bertz CT molecular complexity index is 423. The quantitative estimate of drug-likeness (QED) is 0.779. The number of nitrogens with zero attached hydrogens (tertiary/aromatic N) is 1. The van der Waals surface area contributed by atoms with Crippen LogP contribution in [0, 0.1) is 0 Å². The molecular formula is C9H15N3O3S. The van der Waals surface area contributed by atoms with Crippen molar-refractivity contribution in [2.75, 3.05) is 6.61 Å². The van der Waals surface area contributed by atoms with E-state index in [-0.39, 0.29) is 17.0 Å². The van der Waals surface area contributed by atoms with Crippen molar-refractivity contribution in [3.63, 3.8) is 0 Å². The highest BCUT2D eigenvalue weighted by atomic mass is 32.2. The summed E-state index contributed by atoms with van der Waals surface area (Å²) in [6.45, 7) is 2.61. The third kappa shape index (κ3) is 2.42. The van der Waals surface area contributed by atoms with Crippen LogP contribution in [0.15, 0.2) is 17.3 Å². The number of aromatic amines is 1. The lowest BCUT2D eigenvalue weighted by atomic mass is 9.90. The smallest absolute Gasteiger partial charge is 0.243 e. The first-order chi connectivity index (χ1) is 7.62. The molecule has 1 aromatic heterocycles. The third-order valence-corrected chi connectivity index (χ3v) is 4.09. The van der Waals surface area contributed by atoms with Gasteiger partial charge in [-0.2, -0.15) is 5.10 Å². The minimum atomic E-state index is -3.41. The molecule has 0 atom stereocenters. The predicted molar refractivity (Wildman–Crippen MR) is 57.3 cm³/mol. The second-order valence-corrected chi connectivity index (χ2v) is 5.51. The van der Waals surface area contributed by atoms with Gasteiger partial charge >= 0.3 is 0 Å². The van der Waals surface area contributed by atoms with Gasteiger partial charge in [-0.05, 0) is 19.8 Å². The van der Waals surface area contributed by atoms with Gasteiger partial charge in [0.2, 0.25) is 10.0 Å². The Morgan fingerprint density at radius 3 is 2.94 bits per heavy atom. The lowest BCUT2D eigenvalue weighted by Crippen LogP contribution is -2.47. The van der Waals surface area contributed by atoms with Crippen molar-refractivity contribution in [2.45, 2.75) is 36.8 Å². The van der Waals surface area contributed by atoms with Crippen LogP contribution in [0.5, 0.6) is 0 Å². The molecule has 1 heterocycles. The Hall–Kier alpha value is -0.920. The number of hydrogen-bond acceptors (Lipinski definition) is 4. The van der Waals surface area contributed by atoms with Gasteiger partial charge in [0.05, 0.1) is 12.3 Å². The predicted octanol–water partition coefficient (Wildman–Crippen LogP) is 0.255. The molecule has 0 bridgehead atoms. The van der Waals surface area contributed by atoms with E-state index < -0.39 is 10.0 Å². The van der Waals surface area contributed by atoms with Crippen molar-refractivity contribution in [1.82, 2.24) is 14.9 Å². The standard InChI is InChI=1S/C9H15N3O3S/c1-2-15-8-3-7(4-8)12-16(13,14)9-5-10-11-6-9/h5-8,12H,2-4H2,1H3,(H,10,11). The van der Waals surface area contributed by atoms with Crippen LogP contribution in [0.25, 0.3) is 0 Å². The molecule has 0 aliphatic heterocycles. The highest BCUT2D eigenvalue weighted by Crippen LogP contribution is 2.24. The third-order valence-electron chi connectivity index (χ3n) is 2.60. The van der Waals surface area contributed by atoms with E-state index in [1.54, 1.807) is 0 Å². The van der Waals surface area contributed by atoms with E-state index in [9.17, 15) is 8.42 Å². The Balaban J connectivity index is 1.88. The zero-order chi connectivity index (χ0) is 11.6. The van der Waals surface area contributed by atoms with Crippen molar-refractivity contribution in [3.8, 4) is 0 Å². The molecule has 1 fully saturated rings. The van der Waals surface area contributed by atoms with E-state index in [2.05, 4.69) is 14.9 Å². The molecule has 6 nitrogen and oxygen atoms in total. The lowest BCUT2D eigenvalue weighted by molar-refractivity contribution is -0.00475. The Kier molecular flexibility index (Phi) is 3.27. The summed E-state index contributed by atoms with van der Waals surface area (Å²) in [4.78, 5) is 0.173. The second kappa shape index (κ2) is 4.52. The van der Waals surface area contributed by atoms with Gasteiger partial charge in [-0.3, -0.25) is 5.10 Å². The molecule has 0 saturated heterocycles. The first kappa shape index (κ1) is 11.6. The van der Waals surface area contributed by atoms with Gasteiger partial charge in [-0.1, -0.05) is 0 Å². The fourth-order valence-electron chi connectivity index (χ4n) is 1.71. The van der Waals surface area contributed by atoms with E-state index in [1.165, 1.54) is 12.4 Å². The lowest BCUT2D eigenvalue weighted by Gasteiger charge is -2.34. The summed E-state index contributed by atoms with van der Waals surface area (Å²) in [5.41, 5.74) is 0. The van der Waals surface area contributed by atoms with Crippen molar-refractivity contribution in [3.05, 3.63) is 12.4 Å². The summed E-state index contributed by atoms with van der Waals surface area (Å²) in [5.74, 6) is 0. The van der Waals surface area contributed by atoms with Crippen LogP contribution >= 0.6 is 0 Å². The molecule has 0 radical (unpaired) electrons. The molecule has 0 aromatic carbocycles. The first-order valence-corrected chi connectivity index (χ1v) is 6.73. The Morgan fingerprint density at radius 2 is 2.38 bits per heavy atom. The molecule has 1 aliphatic carbocycles. The summed E-state index contributed by atoms with van der Waals surface area (Å²) in [6, 6.07) is -0.0172. The van der Waals surface area contributed by atoms with Gasteiger partial charge in [-0.15, -0.1) is 0 Å². The molecule has 7 heteroatoms. The minimum absolute atomic E-state index is 0.0172. The van der Waals surface area contributed by atoms with Crippen molar-refractivity contribution in [2.24, 2.45) is 0 Å². The highest BCUT2D eigenvalue weighted by Gasteiger charge is 2.33. The highest BCUT2D eigenvalue weighted by molar-refractivity contribution is 7.89. The fraction of sp³-hybridized carbons (Fsp3) is 0.667. The molecule has 0 amide bonds. The molecule has 1 saturated carbocycles. The maximum absolute atomic E-state index is 11.7. The number of ether oxygens (including phenoxy) is 1. The summed E-state index contributed by atoms with van der Waals surface area (Å²) < 4.78 is 31.5. The normalized spacial score (nSPS) is 25.3. The van der Waals surface area contributed by atoms with Crippen LogP contribution in [0.4, 0.5) is 0 Å². The number of nitrogens with one attached hydrogen (secondary N) is 2. The molecule has 16 heavy (non-hydrogen) atoms. The molecule has 2 N–H and O–H groups in total. The molecule has 1 aromatic rings. The monoisotopic (exact) mass is 245 g/mol. The fourth-order valence-corrected chi connectivity index (χ4v) is 2.87. The second-order valence-electron chi connectivity index (χ2n) is 3.80. The number of H-pyrrole nitrogens is 1.